The molecule has 3 atom stereocenters. The van der Waals surface area contributed by atoms with Gasteiger partial charge in [-0.15, -0.1) is 0 Å². The lowest BCUT2D eigenvalue weighted by Crippen LogP contribution is -2.50. The maximum Gasteiger partial charge on any atom is 0.247 e. The van der Waals surface area contributed by atoms with Crippen molar-refractivity contribution in [2.75, 3.05) is 61.1 Å². The van der Waals surface area contributed by atoms with Crippen LogP contribution in [0.15, 0.2) is 23.1 Å². The van der Waals surface area contributed by atoms with Crippen molar-refractivity contribution < 1.29 is 27.8 Å². The van der Waals surface area contributed by atoms with E-state index in [1.807, 2.05) is 21.0 Å². The Hall–Kier alpha value is -2.16. The molecule has 0 unspecified atom stereocenters. The van der Waals surface area contributed by atoms with Crippen LogP contribution in [0, 0.1) is 17.8 Å². The predicted octanol–water partition coefficient (Wildman–Crippen LogP) is 0.473. The Morgan fingerprint density at radius 2 is 2.06 bits per heavy atom. The number of nitrogens with zero attached hydrogens (tertiary/aromatic N) is 3. The van der Waals surface area contributed by atoms with Gasteiger partial charge in [-0.3, -0.25) is 4.79 Å². The molecule has 0 bridgehead atoms. The molecule has 9 nitrogen and oxygen atoms in total. The van der Waals surface area contributed by atoms with Gasteiger partial charge < -0.3 is 24.4 Å². The van der Waals surface area contributed by atoms with E-state index in [0.717, 1.165) is 0 Å². The van der Waals surface area contributed by atoms with E-state index < -0.39 is 22.2 Å². The van der Waals surface area contributed by atoms with E-state index in [9.17, 15) is 18.3 Å². The van der Waals surface area contributed by atoms with Gasteiger partial charge in [-0.05, 0) is 39.2 Å². The molecule has 0 saturated carbocycles. The van der Waals surface area contributed by atoms with Gasteiger partial charge in [0.1, 0.15) is 23.4 Å². The van der Waals surface area contributed by atoms with Gasteiger partial charge >= 0.3 is 0 Å². The van der Waals surface area contributed by atoms with Crippen LogP contribution in [0.4, 0.5) is 0 Å². The van der Waals surface area contributed by atoms with Gasteiger partial charge in [0.25, 0.3) is 0 Å². The Balaban J connectivity index is 2.50. The average Bonchev–Trinajstić information content (AvgIpc) is 2.75. The van der Waals surface area contributed by atoms with Gasteiger partial charge in [-0.25, -0.2) is 8.42 Å². The van der Waals surface area contributed by atoms with Crippen LogP contribution in [0.2, 0.25) is 0 Å². The first-order valence-electron chi connectivity index (χ1n) is 10.8. The molecule has 0 aliphatic carbocycles. The van der Waals surface area contributed by atoms with Crippen LogP contribution in [0.1, 0.15) is 19.4 Å². The van der Waals surface area contributed by atoms with Crippen LogP contribution < -0.4 is 4.74 Å². The number of carbonyl (C=O) groups is 1. The molecule has 1 N–H and O–H groups in total. The summed E-state index contributed by atoms with van der Waals surface area (Å²) in [6.45, 7) is 4.18. The van der Waals surface area contributed by atoms with Gasteiger partial charge in [-0.1, -0.05) is 18.8 Å². The summed E-state index contributed by atoms with van der Waals surface area (Å²) in [7, 11) is 2.97. The Morgan fingerprint density at radius 1 is 1.36 bits per heavy atom. The first kappa shape index (κ1) is 27.1. The molecule has 1 heterocycles. The van der Waals surface area contributed by atoms with E-state index in [1.54, 1.807) is 43.0 Å². The molecule has 1 aliphatic rings. The van der Waals surface area contributed by atoms with E-state index >= 15 is 0 Å². The number of aliphatic hydroxyl groups is 1. The summed E-state index contributed by atoms with van der Waals surface area (Å²) in [6.07, 6.45) is -0.467. The molecular weight excluding hydrogens is 446 g/mol. The molecule has 33 heavy (non-hydrogen) atoms. The maximum absolute atomic E-state index is 13.5. The summed E-state index contributed by atoms with van der Waals surface area (Å²) in [4.78, 5) is 15.9. The lowest BCUT2D eigenvalue weighted by Gasteiger charge is -2.37. The maximum atomic E-state index is 13.5. The molecule has 1 aromatic rings. The summed E-state index contributed by atoms with van der Waals surface area (Å²) >= 11 is 0. The van der Waals surface area contributed by atoms with Crippen molar-refractivity contribution in [3.63, 3.8) is 0 Å². The second-order valence-corrected chi connectivity index (χ2v) is 10.5. The molecule has 0 aromatic heterocycles. The predicted molar refractivity (Wildman–Crippen MR) is 125 cm³/mol. The van der Waals surface area contributed by atoms with Gasteiger partial charge in [-0.2, -0.15) is 4.31 Å². The number of amides is 1. The second-order valence-electron chi connectivity index (χ2n) is 8.65. The number of carbonyl (C=O) groups excluding carboxylic acids is 1. The second kappa shape index (κ2) is 11.8. The van der Waals surface area contributed by atoms with Crippen molar-refractivity contribution in [2.45, 2.75) is 30.9 Å². The van der Waals surface area contributed by atoms with Crippen molar-refractivity contribution in [1.82, 2.24) is 14.1 Å². The minimum absolute atomic E-state index is 0.0132. The van der Waals surface area contributed by atoms with Crippen LogP contribution in [0.25, 0.3) is 0 Å². The highest BCUT2D eigenvalue weighted by Crippen LogP contribution is 2.34. The summed E-state index contributed by atoms with van der Waals surface area (Å²) in [6, 6.07) is 4.09. The zero-order valence-electron chi connectivity index (χ0n) is 20.2. The van der Waals surface area contributed by atoms with E-state index in [4.69, 9.17) is 9.47 Å². The van der Waals surface area contributed by atoms with Crippen LogP contribution in [0.5, 0.6) is 5.75 Å². The summed E-state index contributed by atoms with van der Waals surface area (Å²) in [5.41, 5.74) is 0.590. The summed E-state index contributed by atoms with van der Waals surface area (Å²) in [5.74, 6) is 5.65. The number of rotatable bonds is 7. The fourth-order valence-electron chi connectivity index (χ4n) is 3.49. The average molecular weight is 482 g/mol. The molecule has 0 saturated heterocycles. The summed E-state index contributed by atoms with van der Waals surface area (Å²) < 4.78 is 39.4. The summed E-state index contributed by atoms with van der Waals surface area (Å²) in [5, 5.41) is 9.72. The Morgan fingerprint density at radius 3 is 2.67 bits per heavy atom. The smallest absolute Gasteiger partial charge is 0.247 e. The molecule has 2 rings (SSSR count). The third-order valence-electron chi connectivity index (χ3n) is 5.45. The highest BCUT2D eigenvalue weighted by molar-refractivity contribution is 7.89. The van der Waals surface area contributed by atoms with Gasteiger partial charge in [0, 0.05) is 38.2 Å². The van der Waals surface area contributed by atoms with Crippen molar-refractivity contribution in [3.8, 4) is 17.6 Å². The monoisotopic (exact) mass is 481 g/mol. The highest BCUT2D eigenvalue weighted by atomic mass is 32.2. The largest absolute Gasteiger partial charge is 0.487 e. The fraction of sp³-hybridized carbons (Fsp3) is 0.609. The molecule has 184 valence electrons. The van der Waals surface area contributed by atoms with Crippen molar-refractivity contribution in [3.05, 3.63) is 23.8 Å². The Kier molecular flexibility index (Phi) is 9.70. The number of hydrogen-bond acceptors (Lipinski definition) is 7. The number of fused-ring (bicyclic) bond motifs is 1. The Labute approximate surface area is 197 Å². The van der Waals surface area contributed by atoms with Crippen LogP contribution in [-0.2, 0) is 19.6 Å². The number of methoxy groups -OCH3 is 1. The number of ether oxygens (including phenoxy) is 2. The van der Waals surface area contributed by atoms with Gasteiger partial charge in [0.05, 0.1) is 19.7 Å². The first-order chi connectivity index (χ1) is 15.5. The number of hydrogen-bond donors (Lipinski definition) is 1. The third kappa shape index (κ3) is 6.91. The number of benzene rings is 1. The normalized spacial score (nSPS) is 21.1. The standard InChI is InChI=1S/C23H35N3O6S/c1-17-13-26(18(2)16-27)33(29,30)22-10-9-19(8-7-11-31-6)12-20(22)32-21(17)14-25(5)23(28)15-24(3)4/h9-10,12,17-18,21,27H,11,13-16H2,1-6H3/t17-,18-,21+/m0/s1. The minimum Gasteiger partial charge on any atom is -0.487 e. The molecule has 10 heteroatoms. The van der Waals surface area contributed by atoms with E-state index in [0.29, 0.717) is 5.56 Å². The van der Waals surface area contributed by atoms with Crippen LogP contribution in [0.3, 0.4) is 0 Å². The van der Waals surface area contributed by atoms with E-state index in [1.165, 1.54) is 10.4 Å². The highest BCUT2D eigenvalue weighted by Gasteiger charge is 2.38. The zero-order chi connectivity index (χ0) is 24.8. The van der Waals surface area contributed by atoms with E-state index in [2.05, 4.69) is 11.8 Å². The van der Waals surface area contributed by atoms with Crippen LogP contribution >= 0.6 is 0 Å². The molecule has 1 aliphatic heterocycles. The van der Waals surface area contributed by atoms with Gasteiger partial charge in [0.15, 0.2) is 0 Å². The van der Waals surface area contributed by atoms with Crippen molar-refractivity contribution in [2.24, 2.45) is 5.92 Å². The van der Waals surface area contributed by atoms with Gasteiger partial charge in [0.2, 0.25) is 15.9 Å². The molecule has 0 spiro atoms. The first-order valence-corrected chi connectivity index (χ1v) is 12.2. The lowest BCUT2D eigenvalue weighted by molar-refractivity contribution is -0.132. The Bertz CT molecular complexity index is 986. The molecule has 0 fully saturated rings. The number of sulfonamides is 1. The van der Waals surface area contributed by atoms with Crippen molar-refractivity contribution in [1.29, 1.82) is 0 Å². The number of likely N-dealkylation sites (N-methyl/N-ethyl adjacent to an activating group) is 2. The lowest BCUT2D eigenvalue weighted by atomic mass is 10.0. The number of aliphatic hydroxyl groups excluding tert-OH is 1. The topological polar surface area (TPSA) is 99.6 Å². The quantitative estimate of drug-likeness (QED) is 0.565. The minimum atomic E-state index is -3.92. The zero-order valence-corrected chi connectivity index (χ0v) is 21.1. The van der Waals surface area contributed by atoms with Crippen molar-refractivity contribution >= 4 is 15.9 Å². The molecule has 0 radical (unpaired) electrons. The molecular formula is C23H35N3O6S. The SMILES string of the molecule is COCC#Cc1ccc2c(c1)O[C@H](CN(C)C(=O)CN(C)C)[C@@H](C)CN([C@@H](C)CO)S2(=O)=O. The fourth-order valence-corrected chi connectivity index (χ4v) is 5.32. The molecule has 1 amide bonds. The third-order valence-corrected chi connectivity index (χ3v) is 7.47. The van der Waals surface area contributed by atoms with E-state index in [-0.39, 0.29) is 55.3 Å². The van der Waals surface area contributed by atoms with Crippen LogP contribution in [-0.4, -0.2) is 107 Å². The molecule has 1 aromatic carbocycles.